The van der Waals surface area contributed by atoms with Gasteiger partial charge in [0.2, 0.25) is 0 Å². The zero-order chi connectivity index (χ0) is 13.3. The number of aromatic nitrogens is 4. The molecule has 18 heavy (non-hydrogen) atoms. The van der Waals surface area contributed by atoms with Crippen LogP contribution in [0, 0.1) is 18.3 Å². The molecule has 0 radical (unpaired) electrons. The molecule has 0 spiro atoms. The van der Waals surface area contributed by atoms with E-state index in [-0.39, 0.29) is 11.1 Å². The van der Waals surface area contributed by atoms with Gasteiger partial charge in [-0.15, -0.1) is 5.10 Å². The Morgan fingerprint density at radius 1 is 1.33 bits per heavy atom. The molecule has 2 aromatic rings. The number of aryl methyl sites for hydroxylation is 1. The highest BCUT2D eigenvalue weighted by atomic mass is 35.5. The lowest BCUT2D eigenvalue weighted by molar-refractivity contribution is 0.745. The monoisotopic (exact) mass is 261 g/mol. The third-order valence-corrected chi connectivity index (χ3v) is 2.86. The van der Waals surface area contributed by atoms with Crippen LogP contribution in [0.15, 0.2) is 12.1 Å². The normalized spacial score (nSPS) is 10.7. The molecule has 0 aliphatic rings. The predicted octanol–water partition coefficient (Wildman–Crippen LogP) is 2.62. The summed E-state index contributed by atoms with van der Waals surface area (Å²) in [7, 11) is 0. The molecule has 92 valence electrons. The van der Waals surface area contributed by atoms with Crippen molar-refractivity contribution in [1.82, 2.24) is 20.0 Å². The van der Waals surface area contributed by atoms with Gasteiger partial charge >= 0.3 is 0 Å². The van der Waals surface area contributed by atoms with Gasteiger partial charge in [-0.05, 0) is 25.0 Å². The van der Waals surface area contributed by atoms with Crippen LogP contribution in [-0.4, -0.2) is 20.0 Å². The quantitative estimate of drug-likeness (QED) is 0.833. The second kappa shape index (κ2) is 4.75. The molecule has 5 nitrogen and oxygen atoms in total. The van der Waals surface area contributed by atoms with Crippen molar-refractivity contribution in [2.24, 2.45) is 0 Å². The molecule has 0 saturated heterocycles. The van der Waals surface area contributed by atoms with Gasteiger partial charge in [0, 0.05) is 0 Å². The molecule has 0 N–H and O–H groups in total. The number of rotatable bonds is 2. The van der Waals surface area contributed by atoms with Crippen LogP contribution in [0.3, 0.4) is 0 Å². The molecule has 2 rings (SSSR count). The van der Waals surface area contributed by atoms with Crippen molar-refractivity contribution >= 4 is 11.6 Å². The predicted molar refractivity (Wildman–Crippen MR) is 67.7 cm³/mol. The smallest absolute Gasteiger partial charge is 0.177 e. The van der Waals surface area contributed by atoms with Gasteiger partial charge in [-0.3, -0.25) is 0 Å². The summed E-state index contributed by atoms with van der Waals surface area (Å²) in [5.41, 5.74) is 1.88. The van der Waals surface area contributed by atoms with Gasteiger partial charge in [0.1, 0.15) is 11.6 Å². The van der Waals surface area contributed by atoms with Crippen LogP contribution in [0.2, 0.25) is 5.15 Å². The maximum absolute atomic E-state index is 9.13. The maximum atomic E-state index is 9.13. The first-order valence-electron chi connectivity index (χ1n) is 5.53. The van der Waals surface area contributed by atoms with Gasteiger partial charge in [0.05, 0.1) is 11.4 Å². The van der Waals surface area contributed by atoms with E-state index in [1.807, 2.05) is 26.8 Å². The molecular weight excluding hydrogens is 250 g/mol. The Morgan fingerprint density at radius 2 is 2.06 bits per heavy atom. The number of nitrogens with zero attached hydrogens (tertiary/aromatic N) is 5. The molecule has 0 unspecified atom stereocenters. The van der Waals surface area contributed by atoms with E-state index in [1.165, 1.54) is 4.68 Å². The molecule has 0 bridgehead atoms. The van der Waals surface area contributed by atoms with E-state index in [9.17, 15) is 0 Å². The van der Waals surface area contributed by atoms with Gasteiger partial charge in [-0.25, -0.2) is 4.68 Å². The molecule has 0 atom stereocenters. The highest BCUT2D eigenvalue weighted by Gasteiger charge is 2.20. The van der Waals surface area contributed by atoms with Crippen LogP contribution < -0.4 is 0 Å². The second-order valence-corrected chi connectivity index (χ2v) is 4.62. The zero-order valence-electron chi connectivity index (χ0n) is 10.3. The van der Waals surface area contributed by atoms with Gasteiger partial charge in [-0.2, -0.15) is 15.5 Å². The van der Waals surface area contributed by atoms with Crippen LogP contribution in [-0.2, 0) is 0 Å². The number of hydrogen-bond donors (Lipinski definition) is 0. The zero-order valence-corrected chi connectivity index (χ0v) is 11.1. The fourth-order valence-electron chi connectivity index (χ4n) is 1.58. The molecule has 0 fully saturated rings. The largest absolute Gasteiger partial charge is 0.200 e. The fourth-order valence-corrected chi connectivity index (χ4v) is 1.84. The highest BCUT2D eigenvalue weighted by Crippen LogP contribution is 2.26. The number of hydrogen-bond acceptors (Lipinski definition) is 4. The third kappa shape index (κ3) is 2.07. The summed E-state index contributed by atoms with van der Waals surface area (Å²) in [6, 6.07) is 5.67. The minimum atomic E-state index is 0.122. The number of halogens is 1. The van der Waals surface area contributed by atoms with E-state index in [0.29, 0.717) is 17.1 Å². The average Bonchev–Trinajstić information content (AvgIpc) is 2.67. The Balaban J connectivity index is 2.59. The summed E-state index contributed by atoms with van der Waals surface area (Å²) < 4.78 is 1.45. The first-order chi connectivity index (χ1) is 8.54. The lowest BCUT2D eigenvalue weighted by Crippen LogP contribution is -2.02. The van der Waals surface area contributed by atoms with E-state index in [2.05, 4.69) is 21.4 Å². The maximum Gasteiger partial charge on any atom is 0.177 e. The standard InChI is InChI=1S/C12H12ClN5/c1-7(2)11-9(6-14)12(13)18(17-11)10-5-4-8(3)15-16-10/h4-5,7H,1-3H3. The van der Waals surface area contributed by atoms with Crippen LogP contribution >= 0.6 is 11.6 Å². The Bertz CT molecular complexity index is 607. The van der Waals surface area contributed by atoms with Gasteiger partial charge in [-0.1, -0.05) is 25.4 Å². The Morgan fingerprint density at radius 3 is 2.50 bits per heavy atom. The first-order valence-corrected chi connectivity index (χ1v) is 5.91. The molecule has 2 aromatic heterocycles. The molecule has 0 saturated carbocycles. The van der Waals surface area contributed by atoms with Crippen LogP contribution in [0.4, 0.5) is 0 Å². The molecule has 0 aromatic carbocycles. The molecule has 2 heterocycles. The second-order valence-electron chi connectivity index (χ2n) is 4.26. The van der Waals surface area contributed by atoms with Crippen molar-refractivity contribution < 1.29 is 0 Å². The highest BCUT2D eigenvalue weighted by molar-refractivity contribution is 6.31. The third-order valence-electron chi connectivity index (χ3n) is 2.52. The van der Waals surface area contributed by atoms with Crippen molar-refractivity contribution in [3.8, 4) is 11.9 Å². The van der Waals surface area contributed by atoms with E-state index >= 15 is 0 Å². The molecule has 0 aliphatic carbocycles. The summed E-state index contributed by atoms with van der Waals surface area (Å²) in [5.74, 6) is 0.630. The van der Waals surface area contributed by atoms with Gasteiger partial charge < -0.3 is 0 Å². The number of nitriles is 1. The van der Waals surface area contributed by atoms with Crippen molar-refractivity contribution in [1.29, 1.82) is 5.26 Å². The summed E-state index contributed by atoms with van der Waals surface area (Å²) in [4.78, 5) is 0. The van der Waals surface area contributed by atoms with E-state index in [0.717, 1.165) is 5.69 Å². The Labute approximate surface area is 110 Å². The van der Waals surface area contributed by atoms with Crippen LogP contribution in [0.25, 0.3) is 5.82 Å². The summed E-state index contributed by atoms with van der Waals surface area (Å²) in [5, 5.41) is 21.7. The van der Waals surface area contributed by atoms with Crippen molar-refractivity contribution in [3.05, 3.63) is 34.2 Å². The van der Waals surface area contributed by atoms with Crippen molar-refractivity contribution in [3.63, 3.8) is 0 Å². The van der Waals surface area contributed by atoms with Crippen LogP contribution in [0.1, 0.15) is 36.7 Å². The minimum Gasteiger partial charge on any atom is -0.200 e. The molecule has 0 amide bonds. The summed E-state index contributed by atoms with van der Waals surface area (Å²) in [6.45, 7) is 5.77. The summed E-state index contributed by atoms with van der Waals surface area (Å²) >= 11 is 6.16. The van der Waals surface area contributed by atoms with Gasteiger partial charge in [0.15, 0.2) is 11.0 Å². The topological polar surface area (TPSA) is 67.4 Å². The molecule has 6 heteroatoms. The van der Waals surface area contributed by atoms with E-state index < -0.39 is 0 Å². The average molecular weight is 262 g/mol. The first kappa shape index (κ1) is 12.5. The van der Waals surface area contributed by atoms with E-state index in [1.54, 1.807) is 6.07 Å². The minimum absolute atomic E-state index is 0.122. The fraction of sp³-hybridized carbons (Fsp3) is 0.333. The van der Waals surface area contributed by atoms with Gasteiger partial charge in [0.25, 0.3) is 0 Å². The Hall–Kier alpha value is -1.93. The van der Waals surface area contributed by atoms with Crippen molar-refractivity contribution in [2.75, 3.05) is 0 Å². The van der Waals surface area contributed by atoms with Crippen LogP contribution in [0.5, 0.6) is 0 Å². The molecular formula is C12H12ClN5. The SMILES string of the molecule is Cc1ccc(-n2nc(C(C)C)c(C#N)c2Cl)nn1. The van der Waals surface area contributed by atoms with E-state index in [4.69, 9.17) is 16.9 Å². The summed E-state index contributed by atoms with van der Waals surface area (Å²) in [6.07, 6.45) is 0. The van der Waals surface area contributed by atoms with Crippen molar-refractivity contribution in [2.45, 2.75) is 26.7 Å². The lowest BCUT2D eigenvalue weighted by Gasteiger charge is -2.01. The lowest BCUT2D eigenvalue weighted by atomic mass is 10.1. The Kier molecular flexibility index (Phi) is 3.30. The molecule has 0 aliphatic heterocycles.